The Morgan fingerprint density at radius 2 is 0.494 bits per heavy atom. The van der Waals surface area contributed by atoms with Crippen LogP contribution in [0.1, 0.15) is 342 Å². The van der Waals surface area contributed by atoms with E-state index in [2.05, 4.69) is 106 Å². The van der Waals surface area contributed by atoms with Crippen molar-refractivity contribution in [3.63, 3.8) is 0 Å². The number of allylic oxidation sites excluding steroid dienone is 14. The first kappa shape index (κ1) is 75.6. The van der Waals surface area contributed by atoms with Crippen LogP contribution < -0.4 is 0 Å². The van der Waals surface area contributed by atoms with Gasteiger partial charge in [0.15, 0.2) is 6.10 Å². The molecule has 1 atom stereocenters. The monoisotopic (exact) mass is 1100 g/mol. The molecule has 456 valence electrons. The minimum absolute atomic E-state index is 0.0838. The Morgan fingerprint density at radius 3 is 0.785 bits per heavy atom. The van der Waals surface area contributed by atoms with Crippen molar-refractivity contribution in [2.45, 2.75) is 348 Å². The minimum Gasteiger partial charge on any atom is -0.462 e. The van der Waals surface area contributed by atoms with Gasteiger partial charge in [0.25, 0.3) is 0 Å². The van der Waals surface area contributed by atoms with E-state index in [-0.39, 0.29) is 31.1 Å². The zero-order chi connectivity index (χ0) is 57.1. The van der Waals surface area contributed by atoms with Gasteiger partial charge >= 0.3 is 17.9 Å². The summed E-state index contributed by atoms with van der Waals surface area (Å²) in [7, 11) is 0. The maximum Gasteiger partial charge on any atom is 0.306 e. The van der Waals surface area contributed by atoms with Crippen molar-refractivity contribution < 1.29 is 28.6 Å². The molecule has 0 saturated heterocycles. The van der Waals surface area contributed by atoms with Crippen LogP contribution in [0.15, 0.2) is 85.1 Å². The van der Waals surface area contributed by atoms with Gasteiger partial charge in [0.1, 0.15) is 13.2 Å². The van der Waals surface area contributed by atoms with E-state index in [1.54, 1.807) is 0 Å². The third kappa shape index (κ3) is 65.3. The molecule has 0 radical (unpaired) electrons. The van der Waals surface area contributed by atoms with Crippen LogP contribution in [0.4, 0.5) is 0 Å². The van der Waals surface area contributed by atoms with E-state index < -0.39 is 6.10 Å². The molecule has 0 rings (SSSR count). The molecule has 0 N–H and O–H groups in total. The summed E-state index contributed by atoms with van der Waals surface area (Å²) in [6, 6.07) is 0. The number of esters is 3. The molecule has 0 aromatic heterocycles. The second-order valence-corrected chi connectivity index (χ2v) is 22.7. The highest BCUT2D eigenvalue weighted by atomic mass is 16.6. The second-order valence-electron chi connectivity index (χ2n) is 22.7. The number of ether oxygens (including phenoxy) is 3. The van der Waals surface area contributed by atoms with Crippen molar-refractivity contribution >= 4 is 17.9 Å². The first-order valence-corrected chi connectivity index (χ1v) is 34.1. The van der Waals surface area contributed by atoms with E-state index in [1.807, 2.05) is 0 Å². The van der Waals surface area contributed by atoms with Crippen LogP contribution in [0.25, 0.3) is 0 Å². The molecule has 0 fully saturated rings. The molecule has 0 aliphatic heterocycles. The summed E-state index contributed by atoms with van der Waals surface area (Å²) in [5.41, 5.74) is 0. The van der Waals surface area contributed by atoms with Gasteiger partial charge in [0.2, 0.25) is 0 Å². The van der Waals surface area contributed by atoms with Crippen molar-refractivity contribution in [3.05, 3.63) is 85.1 Å². The first-order chi connectivity index (χ1) is 39.0. The minimum atomic E-state index is -0.789. The molecule has 6 nitrogen and oxygen atoms in total. The molecule has 1 unspecified atom stereocenters. The van der Waals surface area contributed by atoms with Crippen LogP contribution in [0.3, 0.4) is 0 Å². The molecule has 0 saturated carbocycles. The SMILES string of the molecule is CC/C=C\C/C=C\C/C=C\C/C=C\CCCCCCCCCCCCCCC(=O)OCC(COC(=O)CCCCC/C=C\C/C=C\C/C=C\CC)OC(=O)CCCCCCCCCCCCCCCCCCCCCCCCC. The van der Waals surface area contributed by atoms with Gasteiger partial charge in [-0.3, -0.25) is 14.4 Å². The van der Waals surface area contributed by atoms with E-state index in [0.29, 0.717) is 19.3 Å². The fourth-order valence-electron chi connectivity index (χ4n) is 9.86. The van der Waals surface area contributed by atoms with Crippen LogP contribution in [0, 0.1) is 0 Å². The molecule has 0 aliphatic carbocycles. The zero-order valence-electron chi connectivity index (χ0n) is 52.4. The average molecular weight is 1100 g/mol. The number of unbranched alkanes of at least 4 members (excludes halogenated alkanes) is 37. The van der Waals surface area contributed by atoms with E-state index >= 15 is 0 Å². The molecule has 0 aromatic rings. The van der Waals surface area contributed by atoms with Crippen LogP contribution in [0.2, 0.25) is 0 Å². The fourth-order valence-corrected chi connectivity index (χ4v) is 9.86. The summed E-state index contributed by atoms with van der Waals surface area (Å²) in [4.78, 5) is 38.4. The third-order valence-corrected chi connectivity index (χ3v) is 14.9. The molecule has 6 heteroatoms. The highest BCUT2D eigenvalue weighted by Crippen LogP contribution is 2.18. The van der Waals surface area contributed by atoms with Crippen LogP contribution in [-0.4, -0.2) is 37.2 Å². The van der Waals surface area contributed by atoms with Gasteiger partial charge in [-0.25, -0.2) is 0 Å². The van der Waals surface area contributed by atoms with Crippen molar-refractivity contribution in [1.82, 2.24) is 0 Å². The molecular formula is C73H128O6. The summed E-state index contributed by atoms with van der Waals surface area (Å²) >= 11 is 0. The molecule has 79 heavy (non-hydrogen) atoms. The Labute approximate surface area is 490 Å². The molecule has 0 aliphatic rings. The van der Waals surface area contributed by atoms with Gasteiger partial charge in [-0.1, -0.05) is 318 Å². The molecule has 0 heterocycles. The molecule has 0 aromatic carbocycles. The quantitative estimate of drug-likeness (QED) is 0.0261. The zero-order valence-corrected chi connectivity index (χ0v) is 52.4. The number of carbonyl (C=O) groups is 3. The highest BCUT2D eigenvalue weighted by Gasteiger charge is 2.19. The molecule has 0 amide bonds. The number of carbonyl (C=O) groups excluding carboxylic acids is 3. The lowest BCUT2D eigenvalue weighted by Crippen LogP contribution is -2.30. The molecule has 0 spiro atoms. The summed E-state index contributed by atoms with van der Waals surface area (Å²) in [5.74, 6) is -0.898. The van der Waals surface area contributed by atoms with Gasteiger partial charge < -0.3 is 14.2 Å². The number of hydrogen-bond donors (Lipinski definition) is 0. The lowest BCUT2D eigenvalue weighted by atomic mass is 10.0. The van der Waals surface area contributed by atoms with Gasteiger partial charge in [-0.05, 0) is 89.9 Å². The predicted molar refractivity (Wildman–Crippen MR) is 344 cm³/mol. The Morgan fingerprint density at radius 1 is 0.266 bits per heavy atom. The van der Waals surface area contributed by atoms with Gasteiger partial charge in [0.05, 0.1) is 0 Å². The standard InChI is InChI=1S/C73H128O6/c1-4-7-10-13-16-19-22-25-27-29-31-33-35-36-38-39-41-43-45-48-51-54-57-60-63-66-72(75)78-69-70(68-77-71(74)65-62-59-56-53-50-47-24-21-18-15-12-9-6-3)79-73(76)67-64-61-58-55-52-49-46-44-42-40-37-34-32-30-28-26-23-20-17-14-11-8-5-2/h7,9-10,12,16,18-19,21,25,27,31,33,47,50,70H,4-6,8,11,13-15,17,20,22-24,26,28-30,32,34-46,48-49,51-69H2,1-3H3/b10-7-,12-9-,19-16-,21-18-,27-25-,33-31-,50-47-. The predicted octanol–water partition coefficient (Wildman–Crippen LogP) is 23.4. The number of hydrogen-bond acceptors (Lipinski definition) is 6. The number of rotatable bonds is 62. The Bertz CT molecular complexity index is 1500. The summed E-state index contributed by atoms with van der Waals surface area (Å²) in [6.07, 6.45) is 89.0. The summed E-state index contributed by atoms with van der Waals surface area (Å²) in [6.45, 7) is 6.44. The van der Waals surface area contributed by atoms with Crippen molar-refractivity contribution in [2.24, 2.45) is 0 Å². The van der Waals surface area contributed by atoms with Crippen molar-refractivity contribution in [2.75, 3.05) is 13.2 Å². The lowest BCUT2D eigenvalue weighted by molar-refractivity contribution is -0.167. The average Bonchev–Trinajstić information content (AvgIpc) is 3.45. The van der Waals surface area contributed by atoms with E-state index in [9.17, 15) is 14.4 Å². The summed E-state index contributed by atoms with van der Waals surface area (Å²) < 4.78 is 16.9. The lowest BCUT2D eigenvalue weighted by Gasteiger charge is -2.18. The van der Waals surface area contributed by atoms with Crippen LogP contribution >= 0.6 is 0 Å². The third-order valence-electron chi connectivity index (χ3n) is 14.9. The van der Waals surface area contributed by atoms with Crippen LogP contribution in [0.5, 0.6) is 0 Å². The Kier molecular flexibility index (Phi) is 64.2. The van der Waals surface area contributed by atoms with Gasteiger partial charge in [0, 0.05) is 19.3 Å². The summed E-state index contributed by atoms with van der Waals surface area (Å²) in [5, 5.41) is 0. The van der Waals surface area contributed by atoms with Crippen molar-refractivity contribution in [3.8, 4) is 0 Å². The fraction of sp³-hybridized carbons (Fsp3) is 0.767. The van der Waals surface area contributed by atoms with Gasteiger partial charge in [-0.2, -0.15) is 0 Å². The topological polar surface area (TPSA) is 78.9 Å². The van der Waals surface area contributed by atoms with E-state index in [4.69, 9.17) is 14.2 Å². The first-order valence-electron chi connectivity index (χ1n) is 34.1. The Hall–Kier alpha value is -3.41. The molecule has 0 bridgehead atoms. The van der Waals surface area contributed by atoms with Crippen molar-refractivity contribution in [1.29, 1.82) is 0 Å². The highest BCUT2D eigenvalue weighted by molar-refractivity contribution is 5.71. The molecular weight excluding hydrogens is 973 g/mol. The normalized spacial score (nSPS) is 12.6. The van der Waals surface area contributed by atoms with Gasteiger partial charge in [-0.15, -0.1) is 0 Å². The largest absolute Gasteiger partial charge is 0.462 e. The maximum atomic E-state index is 12.9. The van der Waals surface area contributed by atoms with E-state index in [1.165, 1.54) is 193 Å². The smallest absolute Gasteiger partial charge is 0.306 e. The van der Waals surface area contributed by atoms with E-state index in [0.717, 1.165) is 109 Å². The Balaban J connectivity index is 4.28. The maximum absolute atomic E-state index is 12.9. The van der Waals surface area contributed by atoms with Crippen LogP contribution in [-0.2, 0) is 28.6 Å². The second kappa shape index (κ2) is 67.1.